The number of halogens is 1. The maximum Gasteiger partial charge on any atom is 0.337 e. The van der Waals surface area contributed by atoms with Crippen LogP contribution in [0.25, 0.3) is 6.08 Å². The maximum absolute atomic E-state index is 14.0. The lowest BCUT2D eigenvalue weighted by atomic mass is 9.97. The van der Waals surface area contributed by atoms with E-state index in [9.17, 15) is 9.59 Å². The first-order valence-electron chi connectivity index (χ1n) is 13.9. The number of thiazole rings is 1. The van der Waals surface area contributed by atoms with Gasteiger partial charge >= 0.3 is 5.97 Å². The molecule has 44 heavy (non-hydrogen) atoms. The number of esters is 1. The highest BCUT2D eigenvalue weighted by atomic mass is 79.9. The van der Waals surface area contributed by atoms with E-state index < -0.39 is 12.0 Å². The van der Waals surface area contributed by atoms with Crippen molar-refractivity contribution in [2.75, 3.05) is 27.4 Å². The van der Waals surface area contributed by atoms with Crippen molar-refractivity contribution in [2.45, 2.75) is 26.5 Å². The van der Waals surface area contributed by atoms with E-state index in [2.05, 4.69) is 20.9 Å². The van der Waals surface area contributed by atoms with E-state index in [0.717, 1.165) is 11.1 Å². The van der Waals surface area contributed by atoms with E-state index in [1.807, 2.05) is 62.4 Å². The molecule has 0 spiro atoms. The Morgan fingerprint density at radius 3 is 2.43 bits per heavy atom. The van der Waals surface area contributed by atoms with Gasteiger partial charge < -0.3 is 23.7 Å². The van der Waals surface area contributed by atoms with Crippen LogP contribution in [0.5, 0.6) is 23.0 Å². The molecule has 0 fully saturated rings. The summed E-state index contributed by atoms with van der Waals surface area (Å²) in [5.41, 5.74) is 2.31. The molecule has 4 aromatic rings. The molecule has 1 aliphatic rings. The zero-order chi connectivity index (χ0) is 31.2. The number of carbonyl (C=O) groups excluding carboxylic acids is 1. The Labute approximate surface area is 266 Å². The first-order chi connectivity index (χ1) is 21.4. The predicted molar refractivity (Wildman–Crippen MR) is 171 cm³/mol. The number of fused-ring (bicyclic) bond motifs is 1. The number of hydrogen-bond donors (Lipinski definition) is 0. The van der Waals surface area contributed by atoms with E-state index >= 15 is 0 Å². The molecule has 0 aliphatic carbocycles. The molecule has 0 saturated carbocycles. The second-order valence-electron chi connectivity index (χ2n) is 9.56. The van der Waals surface area contributed by atoms with E-state index in [-0.39, 0.29) is 11.1 Å². The average Bonchev–Trinajstić information content (AvgIpc) is 3.35. The molecule has 228 valence electrons. The second kappa shape index (κ2) is 14.0. The summed E-state index contributed by atoms with van der Waals surface area (Å²) in [4.78, 5) is 31.8. The lowest BCUT2D eigenvalue weighted by Gasteiger charge is -2.23. The van der Waals surface area contributed by atoms with E-state index in [1.165, 1.54) is 29.2 Å². The highest BCUT2D eigenvalue weighted by Crippen LogP contribution is 2.38. The van der Waals surface area contributed by atoms with Crippen LogP contribution in [0.4, 0.5) is 0 Å². The van der Waals surface area contributed by atoms with Gasteiger partial charge in [0.2, 0.25) is 0 Å². The summed E-state index contributed by atoms with van der Waals surface area (Å²) in [5.74, 6) is 1.57. The van der Waals surface area contributed by atoms with Crippen LogP contribution < -0.4 is 33.8 Å². The van der Waals surface area contributed by atoms with Crippen LogP contribution in [-0.4, -0.2) is 38.0 Å². The quantitative estimate of drug-likeness (QED) is 0.202. The van der Waals surface area contributed by atoms with Crippen LogP contribution in [0.1, 0.15) is 36.6 Å². The van der Waals surface area contributed by atoms with Gasteiger partial charge in [0, 0.05) is 6.20 Å². The number of aromatic nitrogens is 1. The molecule has 0 N–H and O–H groups in total. The number of hydrogen-bond acceptors (Lipinski definition) is 9. The molecule has 5 rings (SSSR count). The molecule has 1 atom stereocenters. The van der Waals surface area contributed by atoms with Gasteiger partial charge in [-0.1, -0.05) is 47.7 Å². The molecule has 0 bridgehead atoms. The Kier molecular flexibility index (Phi) is 9.86. The highest BCUT2D eigenvalue weighted by molar-refractivity contribution is 9.10. The zero-order valence-corrected chi connectivity index (χ0v) is 27.1. The van der Waals surface area contributed by atoms with Crippen molar-refractivity contribution in [3.63, 3.8) is 0 Å². The van der Waals surface area contributed by atoms with Gasteiger partial charge in [-0.3, -0.25) is 9.36 Å². The van der Waals surface area contributed by atoms with Crippen molar-refractivity contribution in [1.29, 1.82) is 0 Å². The predicted octanol–water partition coefficient (Wildman–Crippen LogP) is 5.17. The molecule has 1 aliphatic heterocycles. The van der Waals surface area contributed by atoms with Crippen molar-refractivity contribution in [2.24, 2.45) is 4.99 Å². The summed E-state index contributed by atoms with van der Waals surface area (Å²) < 4.78 is 30.9. The third-order valence-corrected chi connectivity index (χ3v) is 8.37. The lowest BCUT2D eigenvalue weighted by Crippen LogP contribution is -2.39. The fourth-order valence-corrected chi connectivity index (χ4v) is 6.38. The largest absolute Gasteiger partial charge is 0.493 e. The normalized spacial score (nSPS) is 14.2. The maximum atomic E-state index is 14.0. The topological polar surface area (TPSA) is 97.6 Å². The van der Waals surface area contributed by atoms with E-state index in [1.54, 1.807) is 25.3 Å². The number of methoxy groups -OCH3 is 2. The summed E-state index contributed by atoms with van der Waals surface area (Å²) in [7, 11) is 2.87. The Balaban J connectivity index is 1.57. The van der Waals surface area contributed by atoms with Crippen LogP contribution in [0, 0.1) is 0 Å². The van der Waals surface area contributed by atoms with Crippen LogP contribution >= 0.6 is 27.3 Å². The Hall–Kier alpha value is -4.35. The van der Waals surface area contributed by atoms with Crippen molar-refractivity contribution in [3.05, 3.63) is 113 Å². The second-order valence-corrected chi connectivity index (χ2v) is 11.4. The van der Waals surface area contributed by atoms with Crippen molar-refractivity contribution < 1.29 is 28.5 Å². The molecular formula is C33H31BrN2O7S. The number of benzene rings is 3. The van der Waals surface area contributed by atoms with Crippen molar-refractivity contribution in [3.8, 4) is 23.0 Å². The molecule has 3 aromatic carbocycles. The molecule has 0 amide bonds. The smallest absolute Gasteiger partial charge is 0.337 e. The third-order valence-electron chi connectivity index (χ3n) is 6.78. The van der Waals surface area contributed by atoms with Gasteiger partial charge in [-0.2, -0.15) is 0 Å². The van der Waals surface area contributed by atoms with Gasteiger partial charge in [0.1, 0.15) is 6.61 Å². The Morgan fingerprint density at radius 2 is 1.73 bits per heavy atom. The lowest BCUT2D eigenvalue weighted by molar-refractivity contribution is -0.136. The van der Waals surface area contributed by atoms with Crippen molar-refractivity contribution in [1.82, 2.24) is 4.57 Å². The number of nitrogens with zero attached hydrogens (tertiary/aromatic N) is 2. The minimum atomic E-state index is -0.786. The summed E-state index contributed by atoms with van der Waals surface area (Å²) in [6.07, 6.45) is 3.22. The molecule has 11 heteroatoms. The van der Waals surface area contributed by atoms with Crippen LogP contribution in [0.15, 0.2) is 86.7 Å². The summed E-state index contributed by atoms with van der Waals surface area (Å²) in [6.45, 7) is 5.01. The monoisotopic (exact) mass is 678 g/mol. The SMILES string of the molecule is CCOc1ccc([C@@H]2C(C(=O)OC)=CN=c3s/c(=C\c4cc(Br)c(OCc5ccccc5)c(OC)c4)c(=O)n32)cc1OCC. The fourth-order valence-electron chi connectivity index (χ4n) is 4.83. The van der Waals surface area contributed by atoms with Gasteiger partial charge in [0.25, 0.3) is 5.56 Å². The molecule has 0 saturated heterocycles. The van der Waals surface area contributed by atoms with Crippen LogP contribution in [0.2, 0.25) is 0 Å². The Morgan fingerprint density at radius 1 is 0.977 bits per heavy atom. The molecule has 1 aromatic heterocycles. The molecular weight excluding hydrogens is 648 g/mol. The minimum Gasteiger partial charge on any atom is -0.493 e. The van der Waals surface area contributed by atoms with Crippen LogP contribution in [-0.2, 0) is 16.1 Å². The highest BCUT2D eigenvalue weighted by Gasteiger charge is 2.31. The third kappa shape index (κ3) is 6.44. The first-order valence-corrected chi connectivity index (χ1v) is 15.5. The molecule has 0 radical (unpaired) electrons. The van der Waals surface area contributed by atoms with Gasteiger partial charge in [-0.25, -0.2) is 9.79 Å². The van der Waals surface area contributed by atoms with E-state index in [0.29, 0.717) is 62.2 Å². The number of ether oxygens (including phenoxy) is 5. The fraction of sp³-hybridized carbons (Fsp3) is 0.242. The van der Waals surface area contributed by atoms with Gasteiger partial charge in [-0.15, -0.1) is 0 Å². The zero-order valence-electron chi connectivity index (χ0n) is 24.7. The van der Waals surface area contributed by atoms with Crippen molar-refractivity contribution >= 4 is 39.3 Å². The van der Waals surface area contributed by atoms with Crippen LogP contribution in [0.3, 0.4) is 0 Å². The van der Waals surface area contributed by atoms with Gasteiger partial charge in [0.15, 0.2) is 27.8 Å². The molecule has 2 heterocycles. The standard InChI is InChI=1S/C33H31BrN2O7S/c1-5-41-25-13-12-22(17-26(25)42-6-2)29-23(32(38)40-4)18-35-33-36(29)31(37)28(44-33)16-21-14-24(34)30(27(15-21)39-3)43-19-20-10-8-7-9-11-20/h7-18,29H,5-6,19H2,1-4H3/b28-16-/t29-/m1/s1. The average molecular weight is 680 g/mol. The number of rotatable bonds is 11. The number of carbonyl (C=O) groups is 1. The Bertz CT molecular complexity index is 1880. The minimum absolute atomic E-state index is 0.224. The summed E-state index contributed by atoms with van der Waals surface area (Å²) in [6, 6.07) is 18.1. The van der Waals surface area contributed by atoms with Gasteiger partial charge in [0.05, 0.1) is 48.1 Å². The molecule has 0 unspecified atom stereocenters. The van der Waals surface area contributed by atoms with E-state index in [4.69, 9.17) is 23.7 Å². The van der Waals surface area contributed by atoms with Gasteiger partial charge in [-0.05, 0) is 76.8 Å². The summed E-state index contributed by atoms with van der Waals surface area (Å²) in [5, 5.41) is 0. The summed E-state index contributed by atoms with van der Waals surface area (Å²) >= 11 is 4.83. The first kappa shape index (κ1) is 31.1. The molecule has 9 nitrogen and oxygen atoms in total.